The van der Waals surface area contributed by atoms with Gasteiger partial charge in [-0.2, -0.15) is 0 Å². The largest absolute Gasteiger partial charge is 0.480 e. The molecule has 0 aliphatic carbocycles. The first kappa shape index (κ1) is 13.4. The molecule has 0 spiro atoms. The van der Waals surface area contributed by atoms with Crippen LogP contribution in [0.15, 0.2) is 0 Å². The molecule has 6 nitrogen and oxygen atoms in total. The second-order valence-corrected chi connectivity index (χ2v) is 6.04. The lowest BCUT2D eigenvalue weighted by Crippen LogP contribution is -2.41. The summed E-state index contributed by atoms with van der Waals surface area (Å²) in [6, 6.07) is 0. The highest BCUT2D eigenvalue weighted by molar-refractivity contribution is 7.89. The van der Waals surface area contributed by atoms with Crippen LogP contribution in [0.3, 0.4) is 0 Å². The van der Waals surface area contributed by atoms with Gasteiger partial charge in [0, 0.05) is 13.1 Å². The zero-order valence-electron chi connectivity index (χ0n) is 9.13. The Bertz CT molecular complexity index is 333. The van der Waals surface area contributed by atoms with E-state index in [0.29, 0.717) is 25.6 Å². The van der Waals surface area contributed by atoms with Crippen molar-refractivity contribution in [3.8, 4) is 0 Å². The average Bonchev–Trinajstić information content (AvgIpc) is 2.17. The highest BCUT2D eigenvalue weighted by atomic mass is 32.2. The van der Waals surface area contributed by atoms with Crippen molar-refractivity contribution >= 4 is 16.0 Å². The summed E-state index contributed by atoms with van der Waals surface area (Å²) < 4.78 is 24.4. The Labute approximate surface area is 95.5 Å². The van der Waals surface area contributed by atoms with Gasteiger partial charge in [-0.15, -0.1) is 0 Å². The summed E-state index contributed by atoms with van der Waals surface area (Å²) in [5.41, 5.74) is 5.44. The fourth-order valence-corrected chi connectivity index (χ4v) is 3.22. The number of carbonyl (C=O) groups is 1. The molecule has 0 saturated carbocycles. The van der Waals surface area contributed by atoms with Gasteiger partial charge in [0.15, 0.2) is 5.75 Å². The third-order valence-corrected chi connectivity index (χ3v) is 4.61. The molecule has 0 atom stereocenters. The summed E-state index contributed by atoms with van der Waals surface area (Å²) in [6.07, 6.45) is 2.46. The Morgan fingerprint density at radius 3 is 2.38 bits per heavy atom. The molecular formula is C9H18N2O4S. The molecule has 0 aromatic carbocycles. The number of nitrogens with zero attached hydrogens (tertiary/aromatic N) is 1. The molecule has 0 aromatic heterocycles. The SMILES string of the molecule is NCCC1CCN(S(=O)(=O)CC(=O)O)CC1. The highest BCUT2D eigenvalue weighted by Crippen LogP contribution is 2.21. The van der Waals surface area contributed by atoms with Crippen LogP contribution in [0.25, 0.3) is 0 Å². The fourth-order valence-electron chi connectivity index (χ4n) is 1.96. The third kappa shape index (κ3) is 3.73. The predicted molar refractivity (Wildman–Crippen MR) is 59.4 cm³/mol. The van der Waals surface area contributed by atoms with Crippen LogP contribution in [-0.4, -0.2) is 49.2 Å². The van der Waals surface area contributed by atoms with Gasteiger partial charge in [-0.3, -0.25) is 4.79 Å². The van der Waals surface area contributed by atoms with E-state index in [1.54, 1.807) is 0 Å². The Kier molecular flexibility index (Phi) is 4.69. The van der Waals surface area contributed by atoms with Crippen LogP contribution in [0.2, 0.25) is 0 Å². The molecule has 0 bridgehead atoms. The van der Waals surface area contributed by atoms with Gasteiger partial charge in [0.2, 0.25) is 10.0 Å². The van der Waals surface area contributed by atoms with Crippen molar-refractivity contribution in [2.45, 2.75) is 19.3 Å². The molecule has 0 unspecified atom stereocenters. The van der Waals surface area contributed by atoms with Gasteiger partial charge < -0.3 is 10.8 Å². The number of carboxylic acids is 1. The predicted octanol–water partition coefficient (Wildman–Crippen LogP) is -0.538. The number of nitrogens with two attached hydrogens (primary N) is 1. The first-order chi connectivity index (χ1) is 7.45. The Morgan fingerprint density at radius 1 is 1.38 bits per heavy atom. The lowest BCUT2D eigenvalue weighted by molar-refractivity contribution is -0.134. The zero-order valence-corrected chi connectivity index (χ0v) is 9.95. The van der Waals surface area contributed by atoms with E-state index in [-0.39, 0.29) is 0 Å². The van der Waals surface area contributed by atoms with E-state index in [9.17, 15) is 13.2 Å². The van der Waals surface area contributed by atoms with E-state index >= 15 is 0 Å². The van der Waals surface area contributed by atoms with Gasteiger partial charge in [0.1, 0.15) is 0 Å². The van der Waals surface area contributed by atoms with E-state index in [1.165, 1.54) is 4.31 Å². The van der Waals surface area contributed by atoms with Crippen molar-refractivity contribution in [2.24, 2.45) is 11.7 Å². The molecule has 1 saturated heterocycles. The van der Waals surface area contributed by atoms with Crippen LogP contribution in [0.1, 0.15) is 19.3 Å². The fraction of sp³-hybridized carbons (Fsp3) is 0.889. The number of carboxylic acid groups (broad SMARTS) is 1. The smallest absolute Gasteiger partial charge is 0.320 e. The monoisotopic (exact) mass is 250 g/mol. The van der Waals surface area contributed by atoms with E-state index in [4.69, 9.17) is 10.8 Å². The maximum absolute atomic E-state index is 11.6. The lowest BCUT2D eigenvalue weighted by atomic mass is 9.95. The van der Waals surface area contributed by atoms with Gasteiger partial charge in [-0.25, -0.2) is 12.7 Å². The van der Waals surface area contributed by atoms with Gasteiger partial charge in [0.25, 0.3) is 0 Å². The van der Waals surface area contributed by atoms with E-state index in [1.807, 2.05) is 0 Å². The van der Waals surface area contributed by atoms with Gasteiger partial charge in [-0.05, 0) is 31.7 Å². The summed E-state index contributed by atoms with van der Waals surface area (Å²) in [5.74, 6) is -1.64. The van der Waals surface area contributed by atoms with E-state index in [2.05, 4.69) is 0 Å². The summed E-state index contributed by atoms with van der Waals surface area (Å²) in [7, 11) is -3.62. The van der Waals surface area contributed by atoms with Crippen LogP contribution < -0.4 is 5.73 Å². The van der Waals surface area contributed by atoms with Crippen molar-refractivity contribution in [3.05, 3.63) is 0 Å². The van der Waals surface area contributed by atoms with Crippen LogP contribution in [0.5, 0.6) is 0 Å². The number of sulfonamides is 1. The molecule has 1 aliphatic rings. The van der Waals surface area contributed by atoms with Crippen molar-refractivity contribution in [2.75, 3.05) is 25.4 Å². The average molecular weight is 250 g/mol. The summed E-state index contributed by atoms with van der Waals surface area (Å²) in [6.45, 7) is 1.45. The molecule has 7 heteroatoms. The van der Waals surface area contributed by atoms with Gasteiger partial charge in [0.05, 0.1) is 0 Å². The molecule has 94 valence electrons. The molecule has 3 N–H and O–H groups in total. The standard InChI is InChI=1S/C9H18N2O4S/c10-4-1-8-2-5-11(6-3-8)16(14,15)7-9(12)13/h8H,1-7,10H2,(H,12,13). The van der Waals surface area contributed by atoms with Crippen molar-refractivity contribution in [1.29, 1.82) is 0 Å². The quantitative estimate of drug-likeness (QED) is 0.682. The molecule has 0 amide bonds. The van der Waals surface area contributed by atoms with Crippen LogP contribution in [0.4, 0.5) is 0 Å². The van der Waals surface area contributed by atoms with Crippen LogP contribution >= 0.6 is 0 Å². The highest BCUT2D eigenvalue weighted by Gasteiger charge is 2.29. The number of hydrogen-bond acceptors (Lipinski definition) is 4. The normalized spacial score (nSPS) is 19.8. The molecule has 16 heavy (non-hydrogen) atoms. The number of rotatable bonds is 5. The number of piperidine rings is 1. The van der Waals surface area contributed by atoms with Crippen LogP contribution in [-0.2, 0) is 14.8 Å². The maximum Gasteiger partial charge on any atom is 0.320 e. The minimum absolute atomic E-state index is 0.417. The summed E-state index contributed by atoms with van der Waals surface area (Å²) in [4.78, 5) is 10.4. The van der Waals surface area contributed by atoms with Crippen LogP contribution in [0, 0.1) is 5.92 Å². The minimum atomic E-state index is -3.62. The maximum atomic E-state index is 11.6. The van der Waals surface area contributed by atoms with E-state index in [0.717, 1.165) is 19.3 Å². The Morgan fingerprint density at radius 2 is 1.94 bits per heavy atom. The second-order valence-electron chi connectivity index (χ2n) is 4.07. The first-order valence-electron chi connectivity index (χ1n) is 5.35. The molecule has 0 aromatic rings. The minimum Gasteiger partial charge on any atom is -0.480 e. The summed E-state index contributed by atoms with van der Waals surface area (Å²) in [5, 5.41) is 8.49. The second kappa shape index (κ2) is 5.60. The van der Waals surface area contributed by atoms with E-state index < -0.39 is 21.7 Å². The molecule has 1 heterocycles. The number of aliphatic carboxylic acids is 1. The van der Waals surface area contributed by atoms with Crippen molar-refractivity contribution < 1.29 is 18.3 Å². The lowest BCUT2D eigenvalue weighted by Gasteiger charge is -2.30. The van der Waals surface area contributed by atoms with Crippen molar-refractivity contribution in [1.82, 2.24) is 4.31 Å². The molecular weight excluding hydrogens is 232 g/mol. The molecule has 0 radical (unpaired) electrons. The molecule has 1 rings (SSSR count). The topological polar surface area (TPSA) is 101 Å². The van der Waals surface area contributed by atoms with Gasteiger partial charge >= 0.3 is 5.97 Å². The Hall–Kier alpha value is -0.660. The van der Waals surface area contributed by atoms with Gasteiger partial charge in [-0.1, -0.05) is 0 Å². The Balaban J connectivity index is 2.50. The van der Waals surface area contributed by atoms with Crippen molar-refractivity contribution in [3.63, 3.8) is 0 Å². The third-order valence-electron chi connectivity index (χ3n) is 2.85. The first-order valence-corrected chi connectivity index (χ1v) is 6.96. The number of hydrogen-bond donors (Lipinski definition) is 2. The molecule has 1 aliphatic heterocycles. The zero-order chi connectivity index (χ0) is 12.2. The summed E-state index contributed by atoms with van der Waals surface area (Å²) >= 11 is 0. The molecule has 1 fully saturated rings.